The number of aromatic nitrogens is 1. The Hall–Kier alpha value is -0.980. The summed E-state index contributed by atoms with van der Waals surface area (Å²) in [7, 11) is 4.01. The van der Waals surface area contributed by atoms with Crippen molar-refractivity contribution in [3.63, 3.8) is 0 Å². The maximum atomic E-state index is 11.5. The van der Waals surface area contributed by atoms with E-state index in [0.29, 0.717) is 11.6 Å². The van der Waals surface area contributed by atoms with Crippen LogP contribution in [-0.2, 0) is 11.3 Å². The van der Waals surface area contributed by atoms with Gasteiger partial charge in [-0.3, -0.25) is 0 Å². The molecule has 0 unspecified atom stereocenters. The van der Waals surface area contributed by atoms with Crippen LogP contribution >= 0.6 is 11.3 Å². The largest absolute Gasteiger partial charge is 0.461 e. The highest BCUT2D eigenvalue weighted by Crippen LogP contribution is 2.12. The van der Waals surface area contributed by atoms with Crippen molar-refractivity contribution in [1.29, 1.82) is 0 Å². The molecule has 1 aromatic rings. The fourth-order valence-corrected chi connectivity index (χ4v) is 2.25. The lowest BCUT2D eigenvalue weighted by Gasteiger charge is -2.14. The molecule has 1 heterocycles. The van der Waals surface area contributed by atoms with E-state index in [-0.39, 0.29) is 5.97 Å². The third-order valence-electron chi connectivity index (χ3n) is 2.40. The highest BCUT2D eigenvalue weighted by Gasteiger charge is 2.12. The molecule has 0 bridgehead atoms. The van der Waals surface area contributed by atoms with Gasteiger partial charge in [0.05, 0.1) is 12.3 Å². The van der Waals surface area contributed by atoms with E-state index < -0.39 is 0 Å². The number of nitrogens with zero attached hydrogens (tertiary/aromatic N) is 2. The lowest BCUT2D eigenvalue weighted by atomic mass is 10.3. The second kappa shape index (κ2) is 8.18. The van der Waals surface area contributed by atoms with Crippen LogP contribution in [0.3, 0.4) is 0 Å². The summed E-state index contributed by atoms with van der Waals surface area (Å²) in [5.41, 5.74) is 0.926. The molecule has 5 nitrogen and oxygen atoms in total. The van der Waals surface area contributed by atoms with Gasteiger partial charge in [-0.15, -0.1) is 11.3 Å². The second-order valence-electron chi connectivity index (χ2n) is 4.06. The minimum atomic E-state index is -0.327. The van der Waals surface area contributed by atoms with Crippen LogP contribution in [0.15, 0.2) is 5.38 Å². The summed E-state index contributed by atoms with van der Waals surface area (Å²) in [4.78, 5) is 17.9. The highest BCUT2D eigenvalue weighted by atomic mass is 32.1. The molecule has 0 radical (unpaired) electrons. The quantitative estimate of drug-likeness (QED) is 0.571. The van der Waals surface area contributed by atoms with Gasteiger partial charge in [0.2, 0.25) is 5.01 Å². The fourth-order valence-electron chi connectivity index (χ4n) is 1.55. The molecule has 0 saturated carbocycles. The van der Waals surface area contributed by atoms with E-state index in [1.807, 2.05) is 12.4 Å². The van der Waals surface area contributed by atoms with Gasteiger partial charge in [0.1, 0.15) is 0 Å². The number of thiazole rings is 1. The molecule has 0 amide bonds. The minimum absolute atomic E-state index is 0.327. The van der Waals surface area contributed by atoms with Gasteiger partial charge in [-0.2, -0.15) is 0 Å². The summed E-state index contributed by atoms with van der Waals surface area (Å²) in [5.74, 6) is -0.327. The number of esters is 1. The van der Waals surface area contributed by atoms with Crippen LogP contribution in [-0.4, -0.2) is 49.6 Å². The average Bonchev–Trinajstić information content (AvgIpc) is 2.78. The van der Waals surface area contributed by atoms with Gasteiger partial charge < -0.3 is 15.0 Å². The van der Waals surface area contributed by atoms with Crippen molar-refractivity contribution in [3.05, 3.63) is 16.1 Å². The van der Waals surface area contributed by atoms with Crippen molar-refractivity contribution >= 4 is 17.3 Å². The van der Waals surface area contributed by atoms with E-state index >= 15 is 0 Å². The van der Waals surface area contributed by atoms with Gasteiger partial charge in [0.15, 0.2) is 0 Å². The fraction of sp³-hybridized carbons (Fsp3) is 0.667. The highest BCUT2D eigenvalue weighted by molar-refractivity contribution is 7.11. The Kier molecular flexibility index (Phi) is 6.85. The number of carbonyl (C=O) groups excluding carboxylic acids is 1. The molecule has 0 spiro atoms. The second-order valence-corrected chi connectivity index (χ2v) is 4.92. The zero-order valence-corrected chi connectivity index (χ0v) is 12.0. The maximum absolute atomic E-state index is 11.5. The molecule has 1 rings (SSSR count). The third kappa shape index (κ3) is 5.12. The van der Waals surface area contributed by atoms with E-state index in [1.54, 1.807) is 6.92 Å². The Morgan fingerprint density at radius 2 is 2.39 bits per heavy atom. The number of hydrogen-bond donors (Lipinski definition) is 1. The number of ether oxygens (including phenoxy) is 1. The molecule has 0 aliphatic carbocycles. The van der Waals surface area contributed by atoms with E-state index in [9.17, 15) is 4.79 Å². The Balaban J connectivity index is 2.41. The Morgan fingerprint density at radius 1 is 1.61 bits per heavy atom. The Labute approximate surface area is 112 Å². The van der Waals surface area contributed by atoms with Crippen molar-refractivity contribution in [3.8, 4) is 0 Å². The van der Waals surface area contributed by atoms with Gasteiger partial charge in [0.25, 0.3) is 0 Å². The zero-order chi connectivity index (χ0) is 13.4. The molecule has 18 heavy (non-hydrogen) atoms. The molecular formula is C12H21N3O2S. The molecule has 0 aliphatic rings. The summed E-state index contributed by atoms with van der Waals surface area (Å²) in [5, 5.41) is 5.48. The summed E-state index contributed by atoms with van der Waals surface area (Å²) in [6, 6.07) is 0. The lowest BCUT2D eigenvalue weighted by molar-refractivity contribution is 0.0525. The standard InChI is InChI=1S/C12H21N3O2S/c1-4-17-12(16)11-14-10(9-18-11)8-15(3)7-5-6-13-2/h9,13H,4-8H2,1-3H3. The molecule has 0 aliphatic heterocycles. The molecule has 6 heteroatoms. The van der Waals surface area contributed by atoms with Crippen molar-refractivity contribution < 1.29 is 9.53 Å². The predicted molar refractivity (Wildman–Crippen MR) is 72.9 cm³/mol. The lowest BCUT2D eigenvalue weighted by Crippen LogP contribution is -2.22. The van der Waals surface area contributed by atoms with Crippen LogP contribution in [0.1, 0.15) is 28.8 Å². The SMILES string of the molecule is CCOC(=O)c1nc(CN(C)CCCNC)cs1. The third-order valence-corrected chi connectivity index (χ3v) is 3.27. The molecule has 1 aromatic heterocycles. The summed E-state index contributed by atoms with van der Waals surface area (Å²) >= 11 is 1.34. The van der Waals surface area contributed by atoms with Crippen molar-refractivity contribution in [2.45, 2.75) is 19.9 Å². The van der Waals surface area contributed by atoms with Crippen LogP contribution in [0, 0.1) is 0 Å². The molecule has 0 atom stereocenters. The summed E-state index contributed by atoms with van der Waals surface area (Å²) in [6.45, 7) is 4.96. The minimum Gasteiger partial charge on any atom is -0.461 e. The molecule has 0 fully saturated rings. The first-order valence-corrected chi connectivity index (χ1v) is 7.00. The normalized spacial score (nSPS) is 10.9. The Bertz CT molecular complexity index is 368. The Morgan fingerprint density at radius 3 is 3.06 bits per heavy atom. The smallest absolute Gasteiger partial charge is 0.367 e. The molecule has 102 valence electrons. The van der Waals surface area contributed by atoms with E-state index in [4.69, 9.17) is 4.74 Å². The van der Waals surface area contributed by atoms with Crippen LogP contribution in [0.4, 0.5) is 0 Å². The first-order chi connectivity index (χ1) is 8.67. The first kappa shape index (κ1) is 15.1. The number of nitrogens with one attached hydrogen (secondary N) is 1. The van der Waals surface area contributed by atoms with Gasteiger partial charge in [-0.1, -0.05) is 0 Å². The van der Waals surface area contributed by atoms with Gasteiger partial charge >= 0.3 is 5.97 Å². The van der Waals surface area contributed by atoms with Crippen LogP contribution < -0.4 is 5.32 Å². The monoisotopic (exact) mass is 271 g/mol. The van der Waals surface area contributed by atoms with Crippen molar-refractivity contribution in [2.24, 2.45) is 0 Å². The zero-order valence-electron chi connectivity index (χ0n) is 11.2. The molecule has 1 N–H and O–H groups in total. The predicted octanol–water partition coefficient (Wildman–Crippen LogP) is 1.36. The van der Waals surface area contributed by atoms with Crippen molar-refractivity contribution in [2.75, 3.05) is 33.8 Å². The van der Waals surface area contributed by atoms with Gasteiger partial charge in [0, 0.05) is 11.9 Å². The first-order valence-electron chi connectivity index (χ1n) is 6.12. The van der Waals surface area contributed by atoms with E-state index in [2.05, 4.69) is 22.2 Å². The topological polar surface area (TPSA) is 54.5 Å². The van der Waals surface area contributed by atoms with E-state index in [1.165, 1.54) is 11.3 Å². The average molecular weight is 271 g/mol. The van der Waals surface area contributed by atoms with Gasteiger partial charge in [-0.25, -0.2) is 9.78 Å². The number of rotatable bonds is 8. The van der Waals surface area contributed by atoms with Crippen molar-refractivity contribution in [1.82, 2.24) is 15.2 Å². The molecule has 0 saturated heterocycles. The number of hydrogen-bond acceptors (Lipinski definition) is 6. The maximum Gasteiger partial charge on any atom is 0.367 e. The molecule has 0 aromatic carbocycles. The van der Waals surface area contributed by atoms with Crippen LogP contribution in [0.25, 0.3) is 0 Å². The summed E-state index contributed by atoms with van der Waals surface area (Å²) in [6.07, 6.45) is 1.10. The van der Waals surface area contributed by atoms with Gasteiger partial charge in [-0.05, 0) is 40.5 Å². The summed E-state index contributed by atoms with van der Waals surface area (Å²) < 4.78 is 4.91. The van der Waals surface area contributed by atoms with E-state index in [0.717, 1.165) is 31.7 Å². The number of carbonyl (C=O) groups is 1. The molecular weight excluding hydrogens is 250 g/mol. The van der Waals surface area contributed by atoms with Crippen LogP contribution in [0.2, 0.25) is 0 Å². The van der Waals surface area contributed by atoms with Crippen LogP contribution in [0.5, 0.6) is 0 Å².